The summed E-state index contributed by atoms with van der Waals surface area (Å²) >= 11 is 0. The second kappa shape index (κ2) is 10.3. The van der Waals surface area contributed by atoms with Crippen molar-refractivity contribution >= 4 is 43.4 Å². The van der Waals surface area contributed by atoms with E-state index in [1.807, 2.05) is 30.3 Å². The third kappa shape index (κ3) is 6.36. The first-order valence-electron chi connectivity index (χ1n) is 10.4. The summed E-state index contributed by atoms with van der Waals surface area (Å²) in [7, 11) is -6.34. The number of ketones is 1. The van der Waals surface area contributed by atoms with E-state index in [0.717, 1.165) is 23.8 Å². The minimum Gasteiger partial charge on any atom is -0.298 e. The molecule has 0 atom stereocenters. The van der Waals surface area contributed by atoms with Gasteiger partial charge in [-0.25, -0.2) is 16.8 Å². The lowest BCUT2D eigenvalue weighted by molar-refractivity contribution is -0.113. The van der Waals surface area contributed by atoms with Crippen molar-refractivity contribution < 1.29 is 26.4 Å². The minimum absolute atomic E-state index is 0.130. The Morgan fingerprint density at radius 2 is 1.18 bits per heavy atom. The van der Waals surface area contributed by atoms with Gasteiger partial charge in [-0.05, 0) is 53.5 Å². The molecule has 6 nitrogen and oxygen atoms in total. The number of allylic oxidation sites excluding steroid dienone is 1. The molecule has 0 saturated heterocycles. The molecule has 0 aromatic heterocycles. The summed E-state index contributed by atoms with van der Waals surface area (Å²) in [4.78, 5) is 23.0. The van der Waals surface area contributed by atoms with Crippen LogP contribution in [0.2, 0.25) is 0 Å². The van der Waals surface area contributed by atoms with E-state index in [1.54, 1.807) is 24.3 Å². The fourth-order valence-electron chi connectivity index (χ4n) is 3.46. The van der Waals surface area contributed by atoms with Crippen LogP contribution in [-0.2, 0) is 30.9 Å². The van der Waals surface area contributed by atoms with Crippen LogP contribution in [0.1, 0.15) is 33.5 Å². The van der Waals surface area contributed by atoms with Gasteiger partial charge in [0.05, 0.1) is 9.79 Å². The van der Waals surface area contributed by atoms with Gasteiger partial charge in [0.15, 0.2) is 25.5 Å². The van der Waals surface area contributed by atoms with Crippen LogP contribution in [-0.4, -0.2) is 41.4 Å². The highest BCUT2D eigenvalue weighted by molar-refractivity contribution is 7.91. The topological polar surface area (TPSA) is 102 Å². The van der Waals surface area contributed by atoms with Crippen LogP contribution in [0.25, 0.3) is 11.6 Å². The van der Waals surface area contributed by atoms with Crippen molar-refractivity contribution in [3.63, 3.8) is 0 Å². The number of aryl methyl sites for hydroxylation is 1. The molecule has 0 aliphatic heterocycles. The summed E-state index contributed by atoms with van der Waals surface area (Å²) in [5.74, 6) is 0.130. The maximum atomic E-state index is 12.2. The number of fused-ring (bicyclic) bond motifs is 1. The molecule has 1 aliphatic rings. The lowest BCUT2D eigenvalue weighted by atomic mass is 9.85. The first kappa shape index (κ1) is 25.3. The van der Waals surface area contributed by atoms with Gasteiger partial charge < -0.3 is 0 Å². The highest BCUT2D eigenvalue weighted by Crippen LogP contribution is 2.30. The van der Waals surface area contributed by atoms with E-state index < -0.39 is 19.7 Å². The van der Waals surface area contributed by atoms with Crippen LogP contribution < -0.4 is 0 Å². The molecular formula is C26H24O6S2. The molecule has 0 saturated carbocycles. The second-order valence-corrected chi connectivity index (χ2v) is 12.0. The number of benzene rings is 3. The fourth-order valence-corrected chi connectivity index (χ4v) is 4.72. The highest BCUT2D eigenvalue weighted by Gasteiger charge is 2.20. The molecule has 0 spiro atoms. The SMILES string of the molecule is CS(=O)(=O)c1ccc(C=C2C(=O)CCc3ccccc32)cc1.CS(=O)(=O)c1ccc(C=O)cc1. The quantitative estimate of drug-likeness (QED) is 0.399. The zero-order valence-corrected chi connectivity index (χ0v) is 20.4. The van der Waals surface area contributed by atoms with Gasteiger partial charge in [-0.3, -0.25) is 9.59 Å². The molecule has 0 radical (unpaired) electrons. The van der Waals surface area contributed by atoms with Crippen molar-refractivity contribution in [3.05, 3.63) is 95.1 Å². The molecule has 3 aromatic rings. The number of Topliss-reactive ketones (excluding diaryl/α,β-unsaturated/α-hetero) is 1. The summed E-state index contributed by atoms with van der Waals surface area (Å²) in [6.45, 7) is 0. The number of carbonyl (C=O) groups excluding carboxylic acids is 2. The molecule has 34 heavy (non-hydrogen) atoms. The maximum Gasteiger partial charge on any atom is 0.175 e. The Balaban J connectivity index is 0.000000229. The Bertz CT molecular complexity index is 1450. The third-order valence-corrected chi connectivity index (χ3v) is 7.55. The first-order chi connectivity index (χ1) is 16.0. The van der Waals surface area contributed by atoms with Crippen LogP contribution in [0.15, 0.2) is 82.6 Å². The number of aldehydes is 1. The number of carbonyl (C=O) groups is 2. The van der Waals surface area contributed by atoms with Crippen molar-refractivity contribution in [2.75, 3.05) is 12.5 Å². The van der Waals surface area contributed by atoms with Crippen LogP contribution in [0.4, 0.5) is 0 Å². The molecule has 3 aromatic carbocycles. The normalized spacial score (nSPS) is 14.6. The van der Waals surface area contributed by atoms with E-state index in [4.69, 9.17) is 0 Å². The molecule has 0 fully saturated rings. The van der Waals surface area contributed by atoms with Crippen LogP contribution in [0, 0.1) is 0 Å². The van der Waals surface area contributed by atoms with Gasteiger partial charge in [0.1, 0.15) is 6.29 Å². The average molecular weight is 497 g/mol. The van der Waals surface area contributed by atoms with Crippen molar-refractivity contribution in [2.24, 2.45) is 0 Å². The molecule has 176 valence electrons. The molecule has 1 aliphatic carbocycles. The fraction of sp³-hybridized carbons (Fsp3) is 0.154. The van der Waals surface area contributed by atoms with Gasteiger partial charge >= 0.3 is 0 Å². The minimum atomic E-state index is -3.20. The van der Waals surface area contributed by atoms with E-state index in [1.165, 1.54) is 36.1 Å². The summed E-state index contributed by atoms with van der Waals surface area (Å²) < 4.78 is 44.8. The summed E-state index contributed by atoms with van der Waals surface area (Å²) in [6.07, 6.45) is 6.12. The van der Waals surface area contributed by atoms with Gasteiger partial charge in [0, 0.05) is 30.1 Å². The standard InChI is InChI=1S/C18H16O3S.C8H8O3S/c1-22(20,21)15-9-6-13(7-10-15)12-17-16-5-3-2-4-14(16)8-11-18(17)19;1-12(10,11)8-4-2-7(6-9)3-5-8/h2-7,9-10,12H,8,11H2,1H3;2-6H,1H3. The molecule has 8 heteroatoms. The molecule has 4 rings (SSSR count). The molecule has 0 bridgehead atoms. The van der Waals surface area contributed by atoms with Gasteiger partial charge in [0.2, 0.25) is 0 Å². The summed E-state index contributed by atoms with van der Waals surface area (Å²) in [6, 6.07) is 20.3. The van der Waals surface area contributed by atoms with Gasteiger partial charge in [0.25, 0.3) is 0 Å². The van der Waals surface area contributed by atoms with Crippen LogP contribution >= 0.6 is 0 Å². The van der Waals surface area contributed by atoms with E-state index in [0.29, 0.717) is 23.8 Å². The Kier molecular flexibility index (Phi) is 7.64. The van der Waals surface area contributed by atoms with E-state index in [-0.39, 0.29) is 15.6 Å². The van der Waals surface area contributed by atoms with Crippen LogP contribution in [0.5, 0.6) is 0 Å². The van der Waals surface area contributed by atoms with Crippen molar-refractivity contribution in [2.45, 2.75) is 22.6 Å². The lowest BCUT2D eigenvalue weighted by Crippen LogP contribution is -2.12. The maximum absolute atomic E-state index is 12.2. The Labute approximate surface area is 199 Å². The molecule has 0 unspecified atom stereocenters. The van der Waals surface area contributed by atoms with Gasteiger partial charge in [-0.1, -0.05) is 48.5 Å². The number of rotatable bonds is 4. The zero-order valence-electron chi connectivity index (χ0n) is 18.8. The zero-order chi connectivity index (χ0) is 24.9. The number of hydrogen-bond donors (Lipinski definition) is 0. The third-order valence-electron chi connectivity index (χ3n) is 5.29. The van der Waals surface area contributed by atoms with E-state index in [9.17, 15) is 26.4 Å². The van der Waals surface area contributed by atoms with Crippen molar-refractivity contribution in [3.8, 4) is 0 Å². The lowest BCUT2D eigenvalue weighted by Gasteiger charge is -2.17. The molecular weight excluding hydrogens is 472 g/mol. The average Bonchev–Trinajstić information content (AvgIpc) is 2.80. The summed E-state index contributed by atoms with van der Waals surface area (Å²) in [5.41, 5.74) is 4.16. The molecule has 0 heterocycles. The van der Waals surface area contributed by atoms with E-state index in [2.05, 4.69) is 0 Å². The first-order valence-corrected chi connectivity index (χ1v) is 14.2. The highest BCUT2D eigenvalue weighted by atomic mass is 32.2. The Morgan fingerprint density at radius 3 is 1.68 bits per heavy atom. The Hall–Kier alpha value is -3.36. The van der Waals surface area contributed by atoms with Crippen LogP contribution in [0.3, 0.4) is 0 Å². The van der Waals surface area contributed by atoms with E-state index >= 15 is 0 Å². The Morgan fingerprint density at radius 1 is 0.676 bits per heavy atom. The van der Waals surface area contributed by atoms with Gasteiger partial charge in [-0.15, -0.1) is 0 Å². The largest absolute Gasteiger partial charge is 0.298 e. The number of sulfone groups is 2. The molecule has 0 amide bonds. The monoisotopic (exact) mass is 496 g/mol. The predicted molar refractivity (Wildman–Crippen MR) is 132 cm³/mol. The second-order valence-electron chi connectivity index (χ2n) is 7.94. The van der Waals surface area contributed by atoms with Gasteiger partial charge in [-0.2, -0.15) is 0 Å². The smallest absolute Gasteiger partial charge is 0.175 e. The predicted octanol–water partition coefficient (Wildman–Crippen LogP) is 4.05. The summed E-state index contributed by atoms with van der Waals surface area (Å²) in [5, 5.41) is 0. The van der Waals surface area contributed by atoms with Crippen molar-refractivity contribution in [1.29, 1.82) is 0 Å². The van der Waals surface area contributed by atoms with Crippen molar-refractivity contribution in [1.82, 2.24) is 0 Å². The molecule has 0 N–H and O–H groups in total. The number of hydrogen-bond acceptors (Lipinski definition) is 6.